The van der Waals surface area contributed by atoms with Crippen molar-refractivity contribution in [1.82, 2.24) is 15.3 Å². The summed E-state index contributed by atoms with van der Waals surface area (Å²) >= 11 is 0. The van der Waals surface area contributed by atoms with E-state index in [1.54, 1.807) is 19.4 Å². The number of nitrogens with zero attached hydrogens (tertiary/aromatic N) is 1. The van der Waals surface area contributed by atoms with Crippen LogP contribution in [0, 0.1) is 5.82 Å². The Labute approximate surface area is 150 Å². The number of nitrogens with one attached hydrogen (secondary N) is 2. The van der Waals surface area contributed by atoms with Crippen molar-refractivity contribution in [3.05, 3.63) is 54.1 Å². The molecule has 134 valence electrons. The summed E-state index contributed by atoms with van der Waals surface area (Å²) < 4.78 is 19.2. The molecule has 0 unspecified atom stereocenters. The van der Waals surface area contributed by atoms with Crippen LogP contribution in [0.2, 0.25) is 0 Å². The van der Waals surface area contributed by atoms with Gasteiger partial charge in [0.05, 0.1) is 13.7 Å². The van der Waals surface area contributed by atoms with Gasteiger partial charge in [0.2, 0.25) is 0 Å². The zero-order chi connectivity index (χ0) is 18.1. The Balaban J connectivity index is 1.82. The molecule has 3 N–H and O–H groups in total. The van der Waals surface area contributed by atoms with Crippen LogP contribution in [0.5, 0.6) is 5.75 Å². The van der Waals surface area contributed by atoms with E-state index in [-0.39, 0.29) is 18.5 Å². The highest BCUT2D eigenvalue weighted by atomic mass is 19.1. The molecule has 1 aliphatic rings. The average Bonchev–Trinajstić information content (AvgIpc) is 3.12. The Morgan fingerprint density at radius 1 is 1.27 bits per heavy atom. The van der Waals surface area contributed by atoms with Crippen molar-refractivity contribution in [2.24, 2.45) is 0 Å². The summed E-state index contributed by atoms with van der Waals surface area (Å²) in [5, 5.41) is 13.6. The monoisotopic (exact) mass is 353 g/mol. The maximum absolute atomic E-state index is 13.8. The maximum Gasteiger partial charge on any atom is 0.138 e. The Morgan fingerprint density at radius 2 is 2.15 bits per heavy atom. The van der Waals surface area contributed by atoms with Gasteiger partial charge in [0.1, 0.15) is 17.2 Å². The first-order valence-corrected chi connectivity index (χ1v) is 8.55. The second-order valence-electron chi connectivity index (χ2n) is 6.37. The van der Waals surface area contributed by atoms with Crippen LogP contribution in [0.15, 0.2) is 42.6 Å². The lowest BCUT2D eigenvalue weighted by Crippen LogP contribution is -2.35. The normalized spacial score (nSPS) is 17.3. The molecule has 0 radical (unpaired) electrons. The van der Waals surface area contributed by atoms with Gasteiger partial charge in [-0.15, -0.1) is 0 Å². The van der Waals surface area contributed by atoms with E-state index in [4.69, 9.17) is 4.74 Å². The van der Waals surface area contributed by atoms with Crippen molar-refractivity contribution in [2.45, 2.75) is 12.5 Å². The molecule has 0 bridgehead atoms. The molecule has 0 fully saturated rings. The van der Waals surface area contributed by atoms with E-state index in [1.807, 2.05) is 12.1 Å². The minimum atomic E-state index is -0.312. The van der Waals surface area contributed by atoms with Crippen LogP contribution < -0.4 is 10.1 Å². The number of aliphatic hydroxyl groups excluding tert-OH is 1. The van der Waals surface area contributed by atoms with Gasteiger partial charge in [-0.1, -0.05) is 6.08 Å². The standard InChI is InChI=1S/C20H20FN3O2/c1-26-19-3-2-13(21)9-16(19)15-5-7-23-20-17(15)10-18(24-20)12-4-6-22-14(8-12)11-25/h2-5,7,9-10,14,22,25H,6,8,11H2,1H3,(H,23,24)/t14-/m1/s1. The molecule has 5 nitrogen and oxygen atoms in total. The van der Waals surface area contributed by atoms with E-state index in [0.717, 1.165) is 34.3 Å². The fourth-order valence-electron chi connectivity index (χ4n) is 3.44. The number of rotatable bonds is 4. The Hall–Kier alpha value is -2.70. The number of benzene rings is 1. The summed E-state index contributed by atoms with van der Waals surface area (Å²) in [7, 11) is 1.58. The van der Waals surface area contributed by atoms with Gasteiger partial charge in [-0.25, -0.2) is 9.37 Å². The van der Waals surface area contributed by atoms with Crippen LogP contribution in [0.4, 0.5) is 4.39 Å². The highest BCUT2D eigenvalue weighted by Crippen LogP contribution is 2.36. The number of pyridine rings is 1. The van der Waals surface area contributed by atoms with Gasteiger partial charge in [0.15, 0.2) is 0 Å². The molecule has 0 aliphatic carbocycles. The summed E-state index contributed by atoms with van der Waals surface area (Å²) in [5.74, 6) is 0.302. The fourth-order valence-corrected chi connectivity index (χ4v) is 3.44. The zero-order valence-electron chi connectivity index (χ0n) is 14.4. The molecule has 0 spiro atoms. The lowest BCUT2D eigenvalue weighted by atomic mass is 9.98. The SMILES string of the molecule is COc1ccc(F)cc1-c1ccnc2[nH]c(C3=CCN[C@@H](CO)C3)cc12. The quantitative estimate of drug-likeness (QED) is 0.674. The van der Waals surface area contributed by atoms with E-state index in [0.29, 0.717) is 17.9 Å². The number of aliphatic hydroxyl groups is 1. The molecule has 0 saturated heterocycles. The third-order valence-electron chi connectivity index (χ3n) is 4.77. The van der Waals surface area contributed by atoms with Crippen LogP contribution in [-0.4, -0.2) is 41.4 Å². The first-order valence-electron chi connectivity index (χ1n) is 8.55. The van der Waals surface area contributed by atoms with Crippen molar-refractivity contribution < 1.29 is 14.2 Å². The molecule has 3 aromatic rings. The number of halogens is 1. The van der Waals surface area contributed by atoms with Gasteiger partial charge < -0.3 is 20.1 Å². The van der Waals surface area contributed by atoms with Crippen LogP contribution in [0.25, 0.3) is 27.7 Å². The van der Waals surface area contributed by atoms with E-state index in [2.05, 4.69) is 21.4 Å². The maximum atomic E-state index is 13.8. The van der Waals surface area contributed by atoms with Crippen molar-refractivity contribution in [3.63, 3.8) is 0 Å². The van der Waals surface area contributed by atoms with Gasteiger partial charge in [-0.2, -0.15) is 0 Å². The van der Waals surface area contributed by atoms with E-state index in [1.165, 1.54) is 12.1 Å². The Kier molecular flexibility index (Phi) is 4.44. The van der Waals surface area contributed by atoms with Crippen LogP contribution >= 0.6 is 0 Å². The molecular weight excluding hydrogens is 333 g/mol. The molecule has 0 amide bonds. The topological polar surface area (TPSA) is 70.2 Å². The van der Waals surface area contributed by atoms with E-state index < -0.39 is 0 Å². The van der Waals surface area contributed by atoms with Crippen molar-refractivity contribution >= 4 is 16.6 Å². The van der Waals surface area contributed by atoms with Crippen molar-refractivity contribution in [1.29, 1.82) is 0 Å². The second kappa shape index (κ2) is 6.90. The molecule has 1 aromatic carbocycles. The summed E-state index contributed by atoms with van der Waals surface area (Å²) in [6.07, 6.45) is 4.55. The predicted octanol–water partition coefficient (Wildman–Crippen LogP) is 3.12. The average molecular weight is 353 g/mol. The third-order valence-corrected chi connectivity index (χ3v) is 4.77. The molecular formula is C20H20FN3O2. The first-order chi connectivity index (χ1) is 12.7. The minimum Gasteiger partial charge on any atom is -0.496 e. The molecule has 1 atom stereocenters. The highest BCUT2D eigenvalue weighted by Gasteiger charge is 2.18. The molecule has 1 aliphatic heterocycles. The number of fused-ring (bicyclic) bond motifs is 1. The number of H-pyrrole nitrogens is 1. The molecule has 26 heavy (non-hydrogen) atoms. The minimum absolute atomic E-state index is 0.0529. The van der Waals surface area contributed by atoms with E-state index in [9.17, 15) is 9.50 Å². The lowest BCUT2D eigenvalue weighted by molar-refractivity contribution is 0.245. The zero-order valence-corrected chi connectivity index (χ0v) is 14.4. The van der Waals surface area contributed by atoms with Crippen LogP contribution in [0.3, 0.4) is 0 Å². The highest BCUT2D eigenvalue weighted by molar-refractivity contribution is 5.96. The smallest absolute Gasteiger partial charge is 0.138 e. The third kappa shape index (κ3) is 2.98. The van der Waals surface area contributed by atoms with Gasteiger partial charge in [0, 0.05) is 35.4 Å². The van der Waals surface area contributed by atoms with Gasteiger partial charge in [-0.05, 0) is 47.9 Å². The lowest BCUT2D eigenvalue weighted by Gasteiger charge is -2.21. The van der Waals surface area contributed by atoms with Crippen molar-refractivity contribution in [3.8, 4) is 16.9 Å². The number of hydrogen-bond donors (Lipinski definition) is 3. The molecule has 3 heterocycles. The van der Waals surface area contributed by atoms with Gasteiger partial charge >= 0.3 is 0 Å². The Morgan fingerprint density at radius 3 is 2.96 bits per heavy atom. The molecule has 2 aromatic heterocycles. The number of hydrogen-bond acceptors (Lipinski definition) is 4. The summed E-state index contributed by atoms with van der Waals surface area (Å²) in [6.45, 7) is 0.815. The number of ether oxygens (including phenoxy) is 1. The first kappa shape index (κ1) is 16.8. The van der Waals surface area contributed by atoms with Gasteiger partial charge in [0.25, 0.3) is 0 Å². The van der Waals surface area contributed by atoms with Gasteiger partial charge in [-0.3, -0.25) is 0 Å². The Bertz CT molecular complexity index is 980. The molecule has 6 heteroatoms. The summed E-state index contributed by atoms with van der Waals surface area (Å²) in [6, 6.07) is 8.45. The largest absolute Gasteiger partial charge is 0.496 e. The predicted molar refractivity (Wildman–Crippen MR) is 99.5 cm³/mol. The van der Waals surface area contributed by atoms with E-state index >= 15 is 0 Å². The summed E-state index contributed by atoms with van der Waals surface area (Å²) in [5.41, 5.74) is 4.40. The van der Waals surface area contributed by atoms with Crippen LogP contribution in [-0.2, 0) is 0 Å². The second-order valence-corrected chi connectivity index (χ2v) is 6.37. The number of aromatic amines is 1. The van der Waals surface area contributed by atoms with Crippen molar-refractivity contribution in [2.75, 3.05) is 20.3 Å². The summed E-state index contributed by atoms with van der Waals surface area (Å²) in [4.78, 5) is 7.77. The number of aromatic nitrogens is 2. The molecule has 4 rings (SSSR count). The fraction of sp³-hybridized carbons (Fsp3) is 0.250. The molecule has 0 saturated carbocycles. The van der Waals surface area contributed by atoms with Crippen LogP contribution in [0.1, 0.15) is 12.1 Å². The number of methoxy groups -OCH3 is 1.